The van der Waals surface area contributed by atoms with Gasteiger partial charge in [-0.25, -0.2) is 4.98 Å². The van der Waals surface area contributed by atoms with Gasteiger partial charge in [-0.15, -0.1) is 0 Å². The zero-order chi connectivity index (χ0) is 16.5. The van der Waals surface area contributed by atoms with Gasteiger partial charge in [0.05, 0.1) is 10.9 Å². The van der Waals surface area contributed by atoms with E-state index in [9.17, 15) is 4.79 Å². The molecule has 4 heteroatoms. The Balaban J connectivity index is 1.80. The Labute approximate surface area is 143 Å². The van der Waals surface area contributed by atoms with Crippen molar-refractivity contribution in [3.05, 3.63) is 87.4 Å². The van der Waals surface area contributed by atoms with Crippen LogP contribution in [0.25, 0.3) is 33.8 Å². The van der Waals surface area contributed by atoms with Gasteiger partial charge in [0.1, 0.15) is 5.82 Å². The Hall–Kier alpha value is -2.91. The standard InChI is InChI=1S/C20H13ClN2O/c21-16-8-5-13(6-9-16)7-10-19-22-18-12-15-4-2-1-3-14(15)11-17(18)20(24)23-19/h1-12H,(H,22,23,24). The van der Waals surface area contributed by atoms with Crippen LogP contribution in [0.15, 0.2) is 65.5 Å². The number of rotatable bonds is 2. The monoisotopic (exact) mass is 332 g/mol. The van der Waals surface area contributed by atoms with Crippen molar-refractivity contribution in [2.24, 2.45) is 0 Å². The summed E-state index contributed by atoms with van der Waals surface area (Å²) in [7, 11) is 0. The highest BCUT2D eigenvalue weighted by Gasteiger charge is 2.04. The minimum Gasteiger partial charge on any atom is -0.306 e. The average molecular weight is 333 g/mol. The van der Waals surface area contributed by atoms with Crippen LogP contribution in [-0.2, 0) is 0 Å². The Bertz CT molecular complexity index is 1130. The van der Waals surface area contributed by atoms with Gasteiger partial charge in [0.15, 0.2) is 0 Å². The second-order valence-corrected chi connectivity index (χ2v) is 5.99. The van der Waals surface area contributed by atoms with Crippen LogP contribution >= 0.6 is 11.6 Å². The molecule has 1 aromatic heterocycles. The number of nitrogens with one attached hydrogen (secondary N) is 1. The Morgan fingerprint density at radius 1 is 0.917 bits per heavy atom. The molecule has 4 rings (SSSR count). The van der Waals surface area contributed by atoms with Crippen LogP contribution in [0.5, 0.6) is 0 Å². The molecule has 116 valence electrons. The van der Waals surface area contributed by atoms with Crippen LogP contribution in [0.2, 0.25) is 5.02 Å². The Morgan fingerprint density at radius 3 is 2.38 bits per heavy atom. The molecule has 0 radical (unpaired) electrons. The predicted octanol–water partition coefficient (Wildman–Crippen LogP) is 4.90. The Morgan fingerprint density at radius 2 is 1.62 bits per heavy atom. The summed E-state index contributed by atoms with van der Waals surface area (Å²) in [5.74, 6) is 0.526. The van der Waals surface area contributed by atoms with Gasteiger partial charge in [-0.1, -0.05) is 54.1 Å². The van der Waals surface area contributed by atoms with Crippen LogP contribution < -0.4 is 5.56 Å². The molecule has 0 spiro atoms. The van der Waals surface area contributed by atoms with Crippen molar-refractivity contribution in [1.29, 1.82) is 0 Å². The summed E-state index contributed by atoms with van der Waals surface area (Å²) >= 11 is 5.88. The molecule has 0 unspecified atom stereocenters. The highest BCUT2D eigenvalue weighted by Crippen LogP contribution is 2.19. The number of hydrogen-bond donors (Lipinski definition) is 1. The van der Waals surface area contributed by atoms with Crippen molar-refractivity contribution in [2.75, 3.05) is 0 Å². The minimum absolute atomic E-state index is 0.137. The van der Waals surface area contributed by atoms with Crippen molar-refractivity contribution in [2.45, 2.75) is 0 Å². The summed E-state index contributed by atoms with van der Waals surface area (Å²) < 4.78 is 0. The molecule has 0 amide bonds. The molecule has 24 heavy (non-hydrogen) atoms. The molecule has 0 aliphatic rings. The second-order valence-electron chi connectivity index (χ2n) is 5.55. The zero-order valence-corrected chi connectivity index (χ0v) is 13.4. The van der Waals surface area contributed by atoms with Gasteiger partial charge in [-0.05, 0) is 46.7 Å². The number of H-pyrrole nitrogens is 1. The third kappa shape index (κ3) is 2.82. The van der Waals surface area contributed by atoms with E-state index in [4.69, 9.17) is 11.6 Å². The van der Waals surface area contributed by atoms with E-state index in [1.807, 2.05) is 66.7 Å². The van der Waals surface area contributed by atoms with E-state index in [-0.39, 0.29) is 5.56 Å². The lowest BCUT2D eigenvalue weighted by atomic mass is 10.1. The van der Waals surface area contributed by atoms with E-state index in [1.54, 1.807) is 6.08 Å². The number of benzene rings is 3. The van der Waals surface area contributed by atoms with E-state index in [2.05, 4.69) is 9.97 Å². The molecule has 3 aromatic carbocycles. The van der Waals surface area contributed by atoms with Gasteiger partial charge < -0.3 is 4.98 Å². The fraction of sp³-hybridized carbons (Fsp3) is 0. The van der Waals surface area contributed by atoms with Crippen molar-refractivity contribution in [1.82, 2.24) is 9.97 Å². The number of aromatic nitrogens is 2. The first-order valence-electron chi connectivity index (χ1n) is 7.55. The van der Waals surface area contributed by atoms with Crippen molar-refractivity contribution in [3.8, 4) is 0 Å². The predicted molar refractivity (Wildman–Crippen MR) is 100 cm³/mol. The highest BCUT2D eigenvalue weighted by atomic mass is 35.5. The van der Waals surface area contributed by atoms with Gasteiger partial charge in [0, 0.05) is 5.02 Å². The van der Waals surface area contributed by atoms with Gasteiger partial charge in [0.2, 0.25) is 0 Å². The van der Waals surface area contributed by atoms with Gasteiger partial charge in [-0.2, -0.15) is 0 Å². The van der Waals surface area contributed by atoms with E-state index >= 15 is 0 Å². The van der Waals surface area contributed by atoms with Gasteiger partial charge in [-0.3, -0.25) is 4.79 Å². The third-order valence-electron chi connectivity index (χ3n) is 3.89. The molecule has 0 aliphatic heterocycles. The molecular formula is C20H13ClN2O. The maximum Gasteiger partial charge on any atom is 0.259 e. The first-order valence-corrected chi connectivity index (χ1v) is 7.93. The van der Waals surface area contributed by atoms with E-state index in [0.717, 1.165) is 16.3 Å². The average Bonchev–Trinajstić information content (AvgIpc) is 2.60. The summed E-state index contributed by atoms with van der Waals surface area (Å²) in [4.78, 5) is 19.7. The first kappa shape index (κ1) is 14.7. The maximum absolute atomic E-state index is 12.4. The lowest BCUT2D eigenvalue weighted by Crippen LogP contribution is -2.09. The molecule has 1 heterocycles. The first-order chi connectivity index (χ1) is 11.7. The van der Waals surface area contributed by atoms with Crippen LogP contribution in [0.4, 0.5) is 0 Å². The second kappa shape index (κ2) is 5.95. The van der Waals surface area contributed by atoms with E-state index < -0.39 is 0 Å². The molecule has 0 atom stereocenters. The molecule has 0 saturated carbocycles. The summed E-state index contributed by atoms with van der Waals surface area (Å²) in [5.41, 5.74) is 1.54. The largest absolute Gasteiger partial charge is 0.306 e. The number of fused-ring (bicyclic) bond motifs is 2. The molecule has 0 bridgehead atoms. The van der Waals surface area contributed by atoms with Gasteiger partial charge >= 0.3 is 0 Å². The highest BCUT2D eigenvalue weighted by molar-refractivity contribution is 6.30. The summed E-state index contributed by atoms with van der Waals surface area (Å²) in [6, 6.07) is 19.2. The van der Waals surface area contributed by atoms with Crippen molar-refractivity contribution in [3.63, 3.8) is 0 Å². The number of halogens is 1. The molecule has 0 saturated heterocycles. The van der Waals surface area contributed by atoms with Crippen LogP contribution in [0.1, 0.15) is 11.4 Å². The molecule has 0 aliphatic carbocycles. The van der Waals surface area contributed by atoms with E-state index in [0.29, 0.717) is 21.7 Å². The number of aromatic amines is 1. The lowest BCUT2D eigenvalue weighted by molar-refractivity contribution is 1.14. The SMILES string of the molecule is O=c1[nH]c(C=Cc2ccc(Cl)cc2)nc2cc3ccccc3cc12. The minimum atomic E-state index is -0.137. The summed E-state index contributed by atoms with van der Waals surface area (Å²) in [6.45, 7) is 0. The fourth-order valence-electron chi connectivity index (χ4n) is 2.67. The smallest absolute Gasteiger partial charge is 0.259 e. The Kier molecular flexibility index (Phi) is 3.63. The fourth-order valence-corrected chi connectivity index (χ4v) is 2.80. The lowest BCUT2D eigenvalue weighted by Gasteiger charge is -2.02. The zero-order valence-electron chi connectivity index (χ0n) is 12.7. The summed E-state index contributed by atoms with van der Waals surface area (Å²) in [6.07, 6.45) is 3.68. The third-order valence-corrected chi connectivity index (χ3v) is 4.15. The molecule has 3 nitrogen and oxygen atoms in total. The quantitative estimate of drug-likeness (QED) is 0.531. The topological polar surface area (TPSA) is 45.8 Å². The van der Waals surface area contributed by atoms with Gasteiger partial charge in [0.25, 0.3) is 5.56 Å². The summed E-state index contributed by atoms with van der Waals surface area (Å²) in [5, 5.41) is 3.38. The van der Waals surface area contributed by atoms with Crippen LogP contribution in [0, 0.1) is 0 Å². The number of nitrogens with zero attached hydrogens (tertiary/aromatic N) is 1. The number of hydrogen-bond acceptors (Lipinski definition) is 2. The molecule has 4 aromatic rings. The normalized spacial score (nSPS) is 11.5. The molecule has 0 fully saturated rings. The van der Waals surface area contributed by atoms with Crippen molar-refractivity contribution < 1.29 is 0 Å². The molecule has 1 N–H and O–H groups in total. The van der Waals surface area contributed by atoms with E-state index in [1.165, 1.54) is 0 Å². The van der Waals surface area contributed by atoms with Crippen LogP contribution in [-0.4, -0.2) is 9.97 Å². The van der Waals surface area contributed by atoms with Crippen LogP contribution in [0.3, 0.4) is 0 Å². The maximum atomic E-state index is 12.4. The molecular weight excluding hydrogens is 320 g/mol. The van der Waals surface area contributed by atoms with Crippen molar-refractivity contribution >= 4 is 45.4 Å².